The van der Waals surface area contributed by atoms with Gasteiger partial charge in [0, 0.05) is 17.4 Å². The Hall–Kier alpha value is -2.80. The van der Waals surface area contributed by atoms with E-state index in [0.29, 0.717) is 16.4 Å². The molecule has 2 rings (SSSR count). The fraction of sp³-hybridized carbons (Fsp3) is 0.133. The van der Waals surface area contributed by atoms with Crippen molar-refractivity contribution in [1.82, 2.24) is 9.78 Å². The van der Waals surface area contributed by atoms with Gasteiger partial charge in [-0.2, -0.15) is 5.10 Å². The van der Waals surface area contributed by atoms with E-state index in [0.717, 1.165) is 6.08 Å². The van der Waals surface area contributed by atoms with Crippen LogP contribution >= 0.6 is 11.6 Å². The number of ether oxygens (including phenoxy) is 2. The summed E-state index contributed by atoms with van der Waals surface area (Å²) in [5.41, 5.74) is 1.02. The minimum atomic E-state index is -0.721. The van der Waals surface area contributed by atoms with Gasteiger partial charge in [-0.25, -0.2) is 14.3 Å². The third-order valence-electron chi connectivity index (χ3n) is 2.85. The van der Waals surface area contributed by atoms with Crippen molar-refractivity contribution >= 4 is 29.2 Å². The van der Waals surface area contributed by atoms with Crippen LogP contribution in [0.2, 0.25) is 5.02 Å². The number of aromatic nitrogens is 2. The van der Waals surface area contributed by atoms with E-state index in [1.807, 2.05) is 0 Å². The molecule has 0 aliphatic heterocycles. The van der Waals surface area contributed by atoms with Crippen LogP contribution in [0, 0.1) is 0 Å². The van der Waals surface area contributed by atoms with Crippen LogP contribution in [-0.4, -0.2) is 35.9 Å². The Labute approximate surface area is 137 Å². The Balaban J connectivity index is 2.44. The van der Waals surface area contributed by atoms with Crippen LogP contribution in [0.25, 0.3) is 5.69 Å². The molecule has 120 valence electrons. The van der Waals surface area contributed by atoms with E-state index in [1.54, 1.807) is 41.3 Å². The van der Waals surface area contributed by atoms with E-state index in [4.69, 9.17) is 11.6 Å². The van der Waals surface area contributed by atoms with Crippen LogP contribution in [0.3, 0.4) is 0 Å². The average Bonchev–Trinajstić information content (AvgIpc) is 3.07. The largest absolute Gasteiger partial charge is 0.466 e. The lowest BCUT2D eigenvalue weighted by atomic mass is 10.2. The van der Waals surface area contributed by atoms with Gasteiger partial charge in [0.1, 0.15) is 5.70 Å². The molecule has 0 unspecified atom stereocenters. The number of carbonyl (C=O) groups excluding carboxylic acids is 2. The van der Waals surface area contributed by atoms with Crippen molar-refractivity contribution in [2.45, 2.75) is 0 Å². The average molecular weight is 336 g/mol. The van der Waals surface area contributed by atoms with Gasteiger partial charge in [-0.3, -0.25) is 0 Å². The number of esters is 2. The van der Waals surface area contributed by atoms with E-state index in [1.165, 1.54) is 14.2 Å². The van der Waals surface area contributed by atoms with Gasteiger partial charge in [0.15, 0.2) is 0 Å². The number of nitrogens with zero attached hydrogens (tertiary/aromatic N) is 2. The minimum Gasteiger partial charge on any atom is -0.466 e. The van der Waals surface area contributed by atoms with Gasteiger partial charge in [0.2, 0.25) is 0 Å². The highest BCUT2D eigenvalue weighted by molar-refractivity contribution is 6.31. The minimum absolute atomic E-state index is 0.0879. The summed E-state index contributed by atoms with van der Waals surface area (Å²) in [7, 11) is 2.42. The molecule has 0 fully saturated rings. The standard InChI is InChI=1S/C15H14ClN3O4/c1-22-14(20)9-12(15(21)23-2)18-11-8-10(16)4-5-13(11)19-7-3-6-17-19/h3-9,18H,1-2H3/b12-9+. The molecule has 1 N–H and O–H groups in total. The van der Waals surface area contributed by atoms with E-state index in [9.17, 15) is 9.59 Å². The molecule has 8 heteroatoms. The Morgan fingerprint density at radius 1 is 1.30 bits per heavy atom. The summed E-state index contributed by atoms with van der Waals surface area (Å²) in [6.45, 7) is 0. The lowest BCUT2D eigenvalue weighted by Crippen LogP contribution is -2.16. The first-order valence-electron chi connectivity index (χ1n) is 6.49. The number of hydrogen-bond donors (Lipinski definition) is 1. The summed E-state index contributed by atoms with van der Waals surface area (Å²) in [6, 6.07) is 6.77. The quantitative estimate of drug-likeness (QED) is 0.666. The summed E-state index contributed by atoms with van der Waals surface area (Å²) < 4.78 is 10.8. The Kier molecular flexibility index (Phi) is 5.37. The lowest BCUT2D eigenvalue weighted by Gasteiger charge is -2.14. The molecule has 0 radical (unpaired) electrons. The van der Waals surface area contributed by atoms with Crippen LogP contribution in [0.4, 0.5) is 5.69 Å². The Morgan fingerprint density at radius 3 is 2.70 bits per heavy atom. The van der Waals surface area contributed by atoms with Crippen LogP contribution in [0.1, 0.15) is 0 Å². The molecule has 0 bridgehead atoms. The van der Waals surface area contributed by atoms with Crippen molar-refractivity contribution in [2.24, 2.45) is 0 Å². The zero-order valence-electron chi connectivity index (χ0n) is 12.4. The van der Waals surface area contributed by atoms with Gasteiger partial charge in [-0.15, -0.1) is 0 Å². The lowest BCUT2D eigenvalue weighted by molar-refractivity contribution is -0.138. The number of nitrogens with one attached hydrogen (secondary N) is 1. The second kappa shape index (κ2) is 7.46. The number of carbonyl (C=O) groups is 2. The third kappa shape index (κ3) is 4.10. The third-order valence-corrected chi connectivity index (χ3v) is 3.08. The van der Waals surface area contributed by atoms with E-state index in [2.05, 4.69) is 19.9 Å². The van der Waals surface area contributed by atoms with Crippen molar-refractivity contribution in [1.29, 1.82) is 0 Å². The summed E-state index contributed by atoms with van der Waals surface area (Å²) in [4.78, 5) is 23.3. The molecule has 2 aromatic rings. The van der Waals surface area contributed by atoms with Gasteiger partial charge >= 0.3 is 11.9 Å². The fourth-order valence-electron chi connectivity index (χ4n) is 1.80. The number of anilines is 1. The fourth-order valence-corrected chi connectivity index (χ4v) is 1.97. The molecule has 0 atom stereocenters. The van der Waals surface area contributed by atoms with Gasteiger partial charge in [0.05, 0.1) is 31.7 Å². The first-order valence-corrected chi connectivity index (χ1v) is 6.87. The van der Waals surface area contributed by atoms with Crippen molar-refractivity contribution in [3.63, 3.8) is 0 Å². The van der Waals surface area contributed by atoms with E-state index in [-0.39, 0.29) is 5.70 Å². The van der Waals surface area contributed by atoms with Crippen LogP contribution in [0.15, 0.2) is 48.4 Å². The number of benzene rings is 1. The molecule has 1 aromatic heterocycles. The number of hydrogen-bond acceptors (Lipinski definition) is 6. The van der Waals surface area contributed by atoms with Crippen molar-refractivity contribution in [3.8, 4) is 5.69 Å². The molecule has 7 nitrogen and oxygen atoms in total. The molecular formula is C15H14ClN3O4. The van der Waals surface area contributed by atoms with Gasteiger partial charge in [-0.05, 0) is 24.3 Å². The van der Waals surface area contributed by atoms with Gasteiger partial charge < -0.3 is 14.8 Å². The highest BCUT2D eigenvalue weighted by Crippen LogP contribution is 2.25. The summed E-state index contributed by atoms with van der Waals surface area (Å²) >= 11 is 6.01. The second-order valence-electron chi connectivity index (χ2n) is 4.31. The SMILES string of the molecule is COC(=O)/C=C(/Nc1cc(Cl)ccc1-n1cccn1)C(=O)OC. The number of methoxy groups -OCH3 is 2. The topological polar surface area (TPSA) is 82.5 Å². The summed E-state index contributed by atoms with van der Waals surface area (Å²) in [6.07, 6.45) is 4.35. The zero-order valence-corrected chi connectivity index (χ0v) is 13.2. The first kappa shape index (κ1) is 16.6. The molecule has 0 spiro atoms. The molecule has 0 saturated heterocycles. The van der Waals surface area contributed by atoms with Crippen molar-refractivity contribution in [3.05, 3.63) is 53.5 Å². The number of halogens is 1. The van der Waals surface area contributed by atoms with Crippen molar-refractivity contribution < 1.29 is 19.1 Å². The molecular weight excluding hydrogens is 322 g/mol. The summed E-state index contributed by atoms with van der Waals surface area (Å²) in [5, 5.41) is 7.42. The maximum atomic E-state index is 11.8. The molecule has 0 aliphatic carbocycles. The molecule has 1 aromatic carbocycles. The predicted octanol–water partition coefficient (Wildman–Crippen LogP) is 2.17. The number of rotatable bonds is 5. The highest BCUT2D eigenvalue weighted by Gasteiger charge is 2.15. The van der Waals surface area contributed by atoms with E-state index < -0.39 is 11.9 Å². The molecule has 1 heterocycles. The summed E-state index contributed by atoms with van der Waals surface area (Å²) in [5.74, 6) is -1.41. The normalized spacial score (nSPS) is 11.0. The second-order valence-corrected chi connectivity index (χ2v) is 4.75. The smallest absolute Gasteiger partial charge is 0.354 e. The Bertz CT molecular complexity index is 741. The van der Waals surface area contributed by atoms with Gasteiger partial charge in [-0.1, -0.05) is 11.6 Å². The maximum Gasteiger partial charge on any atom is 0.354 e. The predicted molar refractivity (Wildman–Crippen MR) is 84.3 cm³/mol. The van der Waals surface area contributed by atoms with E-state index >= 15 is 0 Å². The van der Waals surface area contributed by atoms with Crippen molar-refractivity contribution in [2.75, 3.05) is 19.5 Å². The molecule has 0 saturated carbocycles. The molecule has 0 amide bonds. The first-order chi connectivity index (χ1) is 11.0. The highest BCUT2D eigenvalue weighted by atomic mass is 35.5. The van der Waals surface area contributed by atoms with Gasteiger partial charge in [0.25, 0.3) is 0 Å². The van der Waals surface area contributed by atoms with Crippen LogP contribution in [-0.2, 0) is 19.1 Å². The Morgan fingerprint density at radius 2 is 2.09 bits per heavy atom. The molecule has 0 aliphatic rings. The maximum absolute atomic E-state index is 11.8. The zero-order chi connectivity index (χ0) is 16.8. The van der Waals surface area contributed by atoms with Crippen LogP contribution < -0.4 is 5.32 Å². The molecule has 23 heavy (non-hydrogen) atoms. The monoisotopic (exact) mass is 335 g/mol. The van der Waals surface area contributed by atoms with Crippen LogP contribution in [0.5, 0.6) is 0 Å².